The maximum absolute atomic E-state index is 6.42. The van der Waals surface area contributed by atoms with Crippen LogP contribution in [0, 0.1) is 11.8 Å². The van der Waals surface area contributed by atoms with E-state index in [1.54, 1.807) is 7.11 Å². The van der Waals surface area contributed by atoms with Crippen LogP contribution in [-0.2, 0) is 4.74 Å². The Bertz CT molecular complexity index is 237. The predicted octanol–water partition coefficient (Wildman–Crippen LogP) is 2.64. The highest BCUT2D eigenvalue weighted by molar-refractivity contribution is 4.90. The predicted molar refractivity (Wildman–Crippen MR) is 80.2 cm³/mol. The van der Waals surface area contributed by atoms with Gasteiger partial charge in [0.05, 0.1) is 6.61 Å². The van der Waals surface area contributed by atoms with Gasteiger partial charge >= 0.3 is 0 Å². The number of rotatable bonds is 4. The Morgan fingerprint density at radius 2 is 1.63 bits per heavy atom. The summed E-state index contributed by atoms with van der Waals surface area (Å²) in [4.78, 5) is 2.51. The summed E-state index contributed by atoms with van der Waals surface area (Å²) in [5, 5.41) is 0. The molecule has 1 heterocycles. The van der Waals surface area contributed by atoms with Crippen LogP contribution in [0.5, 0.6) is 0 Å². The SMILES string of the molecule is COCCN1CC(C2CCCCCCCC2)[C@H](N)C1. The topological polar surface area (TPSA) is 38.5 Å². The average Bonchev–Trinajstić information content (AvgIpc) is 2.83. The number of hydrogen-bond donors (Lipinski definition) is 1. The van der Waals surface area contributed by atoms with Gasteiger partial charge in [0, 0.05) is 32.8 Å². The van der Waals surface area contributed by atoms with Crippen molar-refractivity contribution in [3.63, 3.8) is 0 Å². The fourth-order valence-electron chi connectivity index (χ4n) is 3.94. The van der Waals surface area contributed by atoms with E-state index in [4.69, 9.17) is 10.5 Å². The van der Waals surface area contributed by atoms with E-state index in [2.05, 4.69) is 4.90 Å². The normalized spacial score (nSPS) is 31.9. The van der Waals surface area contributed by atoms with Gasteiger partial charge in [-0.2, -0.15) is 0 Å². The summed E-state index contributed by atoms with van der Waals surface area (Å²) in [6, 6.07) is 0.391. The van der Waals surface area contributed by atoms with Crippen LogP contribution < -0.4 is 5.73 Å². The molecule has 2 atom stereocenters. The van der Waals surface area contributed by atoms with Crippen molar-refractivity contribution < 1.29 is 4.74 Å². The van der Waals surface area contributed by atoms with Gasteiger partial charge in [-0.1, -0.05) is 51.4 Å². The summed E-state index contributed by atoms with van der Waals surface area (Å²) in [5.41, 5.74) is 6.42. The molecule has 19 heavy (non-hydrogen) atoms. The molecule has 1 aliphatic heterocycles. The number of likely N-dealkylation sites (tertiary alicyclic amines) is 1. The molecular formula is C16H32N2O. The van der Waals surface area contributed by atoms with Gasteiger partial charge in [-0.25, -0.2) is 0 Å². The molecule has 1 saturated heterocycles. The zero-order chi connectivity index (χ0) is 13.5. The first-order valence-corrected chi connectivity index (χ1v) is 8.28. The molecule has 0 bridgehead atoms. The summed E-state index contributed by atoms with van der Waals surface area (Å²) in [6.45, 7) is 4.16. The van der Waals surface area contributed by atoms with Gasteiger partial charge in [0.2, 0.25) is 0 Å². The first-order chi connectivity index (χ1) is 9.31. The van der Waals surface area contributed by atoms with Gasteiger partial charge < -0.3 is 10.5 Å². The zero-order valence-electron chi connectivity index (χ0n) is 12.7. The second-order valence-corrected chi connectivity index (χ2v) is 6.54. The molecule has 0 aromatic heterocycles. The third-order valence-corrected chi connectivity index (χ3v) is 5.10. The molecule has 1 aliphatic carbocycles. The van der Waals surface area contributed by atoms with Crippen LogP contribution in [0.2, 0.25) is 0 Å². The Morgan fingerprint density at radius 1 is 1.00 bits per heavy atom. The van der Waals surface area contributed by atoms with E-state index in [0.29, 0.717) is 6.04 Å². The van der Waals surface area contributed by atoms with Crippen molar-refractivity contribution in [2.75, 3.05) is 33.4 Å². The van der Waals surface area contributed by atoms with Crippen molar-refractivity contribution in [1.82, 2.24) is 4.90 Å². The maximum Gasteiger partial charge on any atom is 0.0589 e. The highest BCUT2D eigenvalue weighted by atomic mass is 16.5. The quantitative estimate of drug-likeness (QED) is 0.852. The first kappa shape index (κ1) is 15.3. The fourth-order valence-corrected chi connectivity index (χ4v) is 3.94. The second-order valence-electron chi connectivity index (χ2n) is 6.54. The van der Waals surface area contributed by atoms with Crippen molar-refractivity contribution in [2.24, 2.45) is 17.6 Å². The summed E-state index contributed by atoms with van der Waals surface area (Å²) in [5.74, 6) is 1.61. The van der Waals surface area contributed by atoms with E-state index >= 15 is 0 Å². The van der Waals surface area contributed by atoms with Crippen LogP contribution in [-0.4, -0.2) is 44.3 Å². The second kappa shape index (κ2) is 8.23. The van der Waals surface area contributed by atoms with Crippen LogP contribution in [0.1, 0.15) is 51.4 Å². The van der Waals surface area contributed by atoms with E-state index in [9.17, 15) is 0 Å². The summed E-state index contributed by atoms with van der Waals surface area (Å²) < 4.78 is 5.19. The molecule has 1 saturated carbocycles. The number of nitrogens with zero attached hydrogens (tertiary/aromatic N) is 1. The molecule has 112 valence electrons. The zero-order valence-corrected chi connectivity index (χ0v) is 12.7. The highest BCUT2D eigenvalue weighted by Crippen LogP contribution is 2.32. The van der Waals surface area contributed by atoms with Crippen LogP contribution in [0.4, 0.5) is 0 Å². The van der Waals surface area contributed by atoms with Crippen LogP contribution in [0.3, 0.4) is 0 Å². The Labute approximate surface area is 118 Å². The lowest BCUT2D eigenvalue weighted by Crippen LogP contribution is -2.34. The lowest BCUT2D eigenvalue weighted by atomic mass is 9.82. The molecular weight excluding hydrogens is 236 g/mol. The van der Waals surface area contributed by atoms with E-state index in [0.717, 1.165) is 31.5 Å². The third kappa shape index (κ3) is 4.73. The molecule has 0 spiro atoms. The van der Waals surface area contributed by atoms with Crippen LogP contribution in [0.15, 0.2) is 0 Å². The third-order valence-electron chi connectivity index (χ3n) is 5.10. The molecule has 0 aromatic carbocycles. The lowest BCUT2D eigenvalue weighted by Gasteiger charge is -2.26. The number of hydrogen-bond acceptors (Lipinski definition) is 3. The van der Waals surface area contributed by atoms with Gasteiger partial charge in [-0.3, -0.25) is 4.90 Å². The van der Waals surface area contributed by atoms with Gasteiger partial charge in [0.25, 0.3) is 0 Å². The van der Waals surface area contributed by atoms with Crippen molar-refractivity contribution in [1.29, 1.82) is 0 Å². The standard InChI is InChI=1S/C16H32N2O/c1-19-11-10-18-12-15(16(17)13-18)14-8-6-4-2-3-5-7-9-14/h14-16H,2-13,17H2,1H3/t15?,16-/m1/s1. The Balaban J connectivity index is 1.84. The van der Waals surface area contributed by atoms with Crippen molar-refractivity contribution in [3.8, 4) is 0 Å². The molecule has 2 N–H and O–H groups in total. The summed E-state index contributed by atoms with van der Waals surface area (Å²) >= 11 is 0. The molecule has 0 aromatic rings. The number of ether oxygens (including phenoxy) is 1. The minimum atomic E-state index is 0.391. The molecule has 0 radical (unpaired) electrons. The van der Waals surface area contributed by atoms with E-state index < -0.39 is 0 Å². The molecule has 0 amide bonds. The lowest BCUT2D eigenvalue weighted by molar-refractivity contribution is 0.155. The largest absolute Gasteiger partial charge is 0.383 e. The molecule has 1 unspecified atom stereocenters. The smallest absolute Gasteiger partial charge is 0.0589 e. The Hall–Kier alpha value is -0.120. The monoisotopic (exact) mass is 268 g/mol. The van der Waals surface area contributed by atoms with Crippen molar-refractivity contribution in [2.45, 2.75) is 57.4 Å². The Kier molecular flexibility index (Phi) is 6.62. The van der Waals surface area contributed by atoms with Crippen LogP contribution in [0.25, 0.3) is 0 Å². The summed E-state index contributed by atoms with van der Waals surface area (Å²) in [6.07, 6.45) is 11.4. The molecule has 2 rings (SSSR count). The molecule has 2 fully saturated rings. The van der Waals surface area contributed by atoms with Gasteiger partial charge in [-0.05, 0) is 11.8 Å². The van der Waals surface area contributed by atoms with E-state index in [1.807, 2.05) is 0 Å². The molecule has 2 aliphatic rings. The Morgan fingerprint density at radius 3 is 2.26 bits per heavy atom. The average molecular weight is 268 g/mol. The number of methoxy groups -OCH3 is 1. The van der Waals surface area contributed by atoms with Gasteiger partial charge in [0.1, 0.15) is 0 Å². The molecule has 3 heteroatoms. The minimum absolute atomic E-state index is 0.391. The van der Waals surface area contributed by atoms with Crippen molar-refractivity contribution >= 4 is 0 Å². The minimum Gasteiger partial charge on any atom is -0.383 e. The molecule has 3 nitrogen and oxygen atoms in total. The van der Waals surface area contributed by atoms with Gasteiger partial charge in [0.15, 0.2) is 0 Å². The maximum atomic E-state index is 6.42. The first-order valence-electron chi connectivity index (χ1n) is 8.28. The van der Waals surface area contributed by atoms with E-state index in [-0.39, 0.29) is 0 Å². The van der Waals surface area contributed by atoms with Gasteiger partial charge in [-0.15, -0.1) is 0 Å². The van der Waals surface area contributed by atoms with E-state index in [1.165, 1.54) is 57.9 Å². The fraction of sp³-hybridized carbons (Fsp3) is 1.00. The summed E-state index contributed by atoms with van der Waals surface area (Å²) in [7, 11) is 1.78. The highest BCUT2D eigenvalue weighted by Gasteiger charge is 2.34. The van der Waals surface area contributed by atoms with Crippen molar-refractivity contribution in [3.05, 3.63) is 0 Å². The number of nitrogens with two attached hydrogens (primary N) is 1. The van der Waals surface area contributed by atoms with Crippen LogP contribution >= 0.6 is 0 Å².